The number of thiazole rings is 1. The summed E-state index contributed by atoms with van der Waals surface area (Å²) in [4.78, 5) is 17.5. The lowest BCUT2D eigenvalue weighted by atomic mass is 10.1. The number of anilines is 1. The molecule has 6 heteroatoms. The van der Waals surface area contributed by atoms with E-state index in [0.717, 1.165) is 10.4 Å². The number of carbonyl (C=O) groups is 1. The number of benzene rings is 2. The molecule has 116 valence electrons. The Morgan fingerprint density at radius 1 is 1.22 bits per heavy atom. The van der Waals surface area contributed by atoms with Crippen LogP contribution in [0.1, 0.15) is 10.5 Å². The number of hydrogen-bond acceptors (Lipinski definition) is 4. The third kappa shape index (κ3) is 3.36. The maximum Gasteiger partial charge on any atom is 0.275 e. The van der Waals surface area contributed by atoms with Crippen LogP contribution in [0.5, 0.6) is 5.75 Å². The van der Waals surface area contributed by atoms with Gasteiger partial charge in [0.15, 0.2) is 0 Å². The number of ether oxygens (including phenoxy) is 1. The summed E-state index contributed by atoms with van der Waals surface area (Å²) in [6, 6.07) is 14.8. The zero-order valence-electron chi connectivity index (χ0n) is 12.2. The van der Waals surface area contributed by atoms with E-state index in [-0.39, 0.29) is 5.91 Å². The summed E-state index contributed by atoms with van der Waals surface area (Å²) in [5.41, 5.74) is 3.62. The van der Waals surface area contributed by atoms with Crippen LogP contribution < -0.4 is 10.1 Å². The van der Waals surface area contributed by atoms with Crippen molar-refractivity contribution in [1.82, 2.24) is 4.98 Å². The van der Waals surface area contributed by atoms with Crippen LogP contribution in [-0.4, -0.2) is 18.0 Å². The number of rotatable bonds is 4. The van der Waals surface area contributed by atoms with Gasteiger partial charge in [-0.3, -0.25) is 4.79 Å². The van der Waals surface area contributed by atoms with Gasteiger partial charge in [-0.05, 0) is 23.8 Å². The minimum absolute atomic E-state index is 0.272. The van der Waals surface area contributed by atoms with Crippen LogP contribution in [0.15, 0.2) is 54.0 Å². The Kier molecular flexibility index (Phi) is 4.60. The first-order chi connectivity index (χ1) is 11.2. The zero-order chi connectivity index (χ0) is 16.2. The average Bonchev–Trinajstić information content (AvgIpc) is 3.05. The predicted molar refractivity (Wildman–Crippen MR) is 93.5 cm³/mol. The summed E-state index contributed by atoms with van der Waals surface area (Å²) in [6.45, 7) is 0. The summed E-state index contributed by atoms with van der Waals surface area (Å²) in [6.07, 6.45) is 0. The number of hydrogen-bond donors (Lipinski definition) is 1. The van der Waals surface area contributed by atoms with Gasteiger partial charge < -0.3 is 10.1 Å². The molecule has 0 fully saturated rings. The minimum Gasteiger partial charge on any atom is -0.495 e. The number of amides is 1. The molecule has 2 aromatic carbocycles. The first-order valence-corrected chi connectivity index (χ1v) is 8.08. The van der Waals surface area contributed by atoms with Gasteiger partial charge >= 0.3 is 0 Å². The summed E-state index contributed by atoms with van der Waals surface area (Å²) in [5.74, 6) is 0.287. The second-order valence-electron chi connectivity index (χ2n) is 4.70. The van der Waals surface area contributed by atoms with Gasteiger partial charge in [0.25, 0.3) is 5.91 Å². The van der Waals surface area contributed by atoms with E-state index in [2.05, 4.69) is 10.3 Å². The van der Waals surface area contributed by atoms with Crippen LogP contribution in [0.4, 0.5) is 5.69 Å². The first-order valence-electron chi connectivity index (χ1n) is 6.83. The van der Waals surface area contributed by atoms with E-state index in [4.69, 9.17) is 16.3 Å². The highest BCUT2D eigenvalue weighted by Gasteiger charge is 2.16. The summed E-state index contributed by atoms with van der Waals surface area (Å²) in [7, 11) is 1.54. The molecule has 0 atom stereocenters. The lowest BCUT2D eigenvalue weighted by Gasteiger charge is -2.08. The van der Waals surface area contributed by atoms with Gasteiger partial charge in [0.1, 0.15) is 11.4 Å². The molecule has 0 radical (unpaired) electrons. The monoisotopic (exact) mass is 344 g/mol. The van der Waals surface area contributed by atoms with E-state index >= 15 is 0 Å². The second kappa shape index (κ2) is 6.81. The molecule has 0 aliphatic rings. The van der Waals surface area contributed by atoms with Gasteiger partial charge in [0, 0.05) is 5.69 Å². The van der Waals surface area contributed by atoms with Gasteiger partial charge in [-0.2, -0.15) is 0 Å². The maximum absolute atomic E-state index is 12.5. The smallest absolute Gasteiger partial charge is 0.275 e. The van der Waals surface area contributed by atoms with E-state index in [1.165, 1.54) is 11.3 Å². The Morgan fingerprint density at radius 3 is 2.70 bits per heavy atom. The zero-order valence-corrected chi connectivity index (χ0v) is 13.8. The van der Waals surface area contributed by atoms with Crippen molar-refractivity contribution in [2.75, 3.05) is 12.4 Å². The van der Waals surface area contributed by atoms with Crippen LogP contribution in [-0.2, 0) is 0 Å². The molecule has 0 saturated heterocycles. The molecule has 1 aromatic heterocycles. The van der Waals surface area contributed by atoms with Crippen LogP contribution in [0.25, 0.3) is 10.4 Å². The highest BCUT2D eigenvalue weighted by molar-refractivity contribution is 7.13. The van der Waals surface area contributed by atoms with Crippen molar-refractivity contribution < 1.29 is 9.53 Å². The molecule has 0 aliphatic carbocycles. The number of methoxy groups -OCH3 is 1. The SMILES string of the molecule is COc1ccc(NC(=O)c2ncsc2-c2ccccc2)cc1Cl. The molecule has 4 nitrogen and oxygen atoms in total. The number of aromatic nitrogens is 1. The fourth-order valence-corrected chi connectivity index (χ4v) is 3.19. The summed E-state index contributed by atoms with van der Waals surface area (Å²) >= 11 is 7.51. The molecule has 0 bridgehead atoms. The lowest BCUT2D eigenvalue weighted by molar-refractivity contribution is 0.102. The van der Waals surface area contributed by atoms with E-state index < -0.39 is 0 Å². The van der Waals surface area contributed by atoms with E-state index in [0.29, 0.717) is 22.2 Å². The normalized spacial score (nSPS) is 10.3. The fraction of sp³-hybridized carbons (Fsp3) is 0.0588. The van der Waals surface area contributed by atoms with Crippen LogP contribution in [0.2, 0.25) is 5.02 Å². The lowest BCUT2D eigenvalue weighted by Crippen LogP contribution is -2.13. The third-order valence-electron chi connectivity index (χ3n) is 3.23. The van der Waals surface area contributed by atoms with Gasteiger partial charge in [0.05, 0.1) is 22.5 Å². The maximum atomic E-state index is 12.5. The van der Waals surface area contributed by atoms with Crippen molar-refractivity contribution in [3.05, 3.63) is 64.8 Å². The summed E-state index contributed by atoms with van der Waals surface area (Å²) in [5, 5.41) is 3.25. The molecular formula is C17H13ClN2O2S. The standard InChI is InChI=1S/C17H13ClN2O2S/c1-22-14-8-7-12(9-13(14)18)20-17(21)15-16(23-10-19-15)11-5-3-2-4-6-11/h2-10H,1H3,(H,20,21). The molecule has 1 amide bonds. The number of carbonyl (C=O) groups excluding carboxylic acids is 1. The Balaban J connectivity index is 1.85. The molecule has 1 heterocycles. The van der Waals surface area contributed by atoms with Crippen molar-refractivity contribution in [2.45, 2.75) is 0 Å². The van der Waals surface area contributed by atoms with Gasteiger partial charge in [-0.15, -0.1) is 11.3 Å². The van der Waals surface area contributed by atoms with Gasteiger partial charge in [0.2, 0.25) is 0 Å². The van der Waals surface area contributed by atoms with Gasteiger partial charge in [-0.1, -0.05) is 41.9 Å². The van der Waals surface area contributed by atoms with E-state index in [9.17, 15) is 4.79 Å². The molecule has 0 unspecified atom stereocenters. The Labute approximate surface area is 142 Å². The quantitative estimate of drug-likeness (QED) is 0.744. The molecule has 23 heavy (non-hydrogen) atoms. The van der Waals surface area contributed by atoms with E-state index in [1.807, 2.05) is 30.3 Å². The largest absolute Gasteiger partial charge is 0.495 e. The van der Waals surface area contributed by atoms with Crippen molar-refractivity contribution >= 4 is 34.5 Å². The highest BCUT2D eigenvalue weighted by Crippen LogP contribution is 2.30. The predicted octanol–water partition coefficient (Wildman–Crippen LogP) is 4.72. The Bertz CT molecular complexity index is 834. The first kappa shape index (κ1) is 15.5. The topological polar surface area (TPSA) is 51.2 Å². The molecule has 0 aliphatic heterocycles. The Hall–Kier alpha value is -2.37. The highest BCUT2D eigenvalue weighted by atomic mass is 35.5. The van der Waals surface area contributed by atoms with Crippen LogP contribution in [0, 0.1) is 0 Å². The fourth-order valence-electron chi connectivity index (χ4n) is 2.14. The number of nitrogens with zero attached hydrogens (tertiary/aromatic N) is 1. The molecule has 3 aromatic rings. The molecular weight excluding hydrogens is 332 g/mol. The second-order valence-corrected chi connectivity index (χ2v) is 5.96. The average molecular weight is 345 g/mol. The molecule has 0 spiro atoms. The third-order valence-corrected chi connectivity index (χ3v) is 4.40. The number of nitrogens with one attached hydrogen (secondary N) is 1. The number of halogens is 1. The van der Waals surface area contributed by atoms with Crippen molar-refractivity contribution in [1.29, 1.82) is 0 Å². The Morgan fingerprint density at radius 2 is 2.00 bits per heavy atom. The van der Waals surface area contributed by atoms with Crippen LogP contribution >= 0.6 is 22.9 Å². The van der Waals surface area contributed by atoms with Crippen molar-refractivity contribution in [2.24, 2.45) is 0 Å². The van der Waals surface area contributed by atoms with E-state index in [1.54, 1.807) is 30.8 Å². The van der Waals surface area contributed by atoms with Crippen LogP contribution in [0.3, 0.4) is 0 Å². The molecule has 0 saturated carbocycles. The minimum atomic E-state index is -0.272. The van der Waals surface area contributed by atoms with Crippen molar-refractivity contribution in [3.8, 4) is 16.2 Å². The summed E-state index contributed by atoms with van der Waals surface area (Å²) < 4.78 is 5.10. The van der Waals surface area contributed by atoms with Gasteiger partial charge in [-0.25, -0.2) is 4.98 Å². The molecule has 1 N–H and O–H groups in total. The van der Waals surface area contributed by atoms with Crippen molar-refractivity contribution in [3.63, 3.8) is 0 Å². The molecule has 3 rings (SSSR count).